The maximum Gasteiger partial charge on any atom is 0.471 e. The summed E-state index contributed by atoms with van der Waals surface area (Å²) in [7, 11) is 1.33. The lowest BCUT2D eigenvalue weighted by molar-refractivity contribution is -0.167. The van der Waals surface area contributed by atoms with Crippen molar-refractivity contribution in [2.75, 3.05) is 78.4 Å². The second-order valence-corrected chi connectivity index (χ2v) is 8.75. The van der Waals surface area contributed by atoms with Crippen molar-refractivity contribution in [2.45, 2.75) is 11.1 Å². The topological polar surface area (TPSA) is 114 Å². The zero-order chi connectivity index (χ0) is 29.1. The number of carbonyl (C=O) groups is 2. The highest BCUT2D eigenvalue weighted by molar-refractivity contribution is 7.97. The minimum atomic E-state index is -4.92. The maximum atomic E-state index is 12.3. The van der Waals surface area contributed by atoms with Gasteiger partial charge in [-0.1, -0.05) is 0 Å². The average Bonchev–Trinajstić information content (AvgIpc) is 2.95. The molecule has 0 atom stereocenters. The molecular weight excluding hydrogens is 557 g/mol. The predicted octanol–water partition coefficient (Wildman–Crippen LogP) is 3.72. The third-order valence-electron chi connectivity index (χ3n) is 4.80. The molecule has 40 heavy (non-hydrogen) atoms. The van der Waals surface area contributed by atoms with Crippen LogP contribution in [-0.4, -0.2) is 91.2 Å². The summed E-state index contributed by atoms with van der Waals surface area (Å²) in [5, 5.41) is 1.79. The van der Waals surface area contributed by atoms with Crippen molar-refractivity contribution >= 4 is 29.5 Å². The van der Waals surface area contributed by atoms with Crippen LogP contribution < -0.4 is 14.8 Å². The van der Waals surface area contributed by atoms with Crippen LogP contribution in [0.15, 0.2) is 53.4 Å². The van der Waals surface area contributed by atoms with Crippen LogP contribution in [0.1, 0.15) is 10.4 Å². The minimum Gasteiger partial charge on any atom is -0.491 e. The monoisotopic (exact) mass is 590 g/mol. The van der Waals surface area contributed by atoms with Gasteiger partial charge in [0.2, 0.25) is 0 Å². The molecule has 0 bridgehead atoms. The molecule has 2 rings (SSSR count). The highest BCUT2D eigenvalue weighted by Gasteiger charge is 2.38. The molecule has 1 amide bonds. The fourth-order valence-electron chi connectivity index (χ4n) is 2.84. The molecule has 0 aliphatic heterocycles. The molecule has 0 fully saturated rings. The number of benzene rings is 2. The minimum absolute atomic E-state index is 0.0675. The van der Waals surface area contributed by atoms with E-state index in [9.17, 15) is 22.8 Å². The van der Waals surface area contributed by atoms with Gasteiger partial charge in [-0.3, -0.25) is 9.52 Å². The Hall–Kier alpha value is -2.88. The largest absolute Gasteiger partial charge is 0.491 e. The third kappa shape index (κ3) is 14.5. The fraction of sp³-hybridized carbons (Fsp3) is 0.462. The van der Waals surface area contributed by atoms with E-state index < -0.39 is 18.1 Å². The third-order valence-corrected chi connectivity index (χ3v) is 5.65. The van der Waals surface area contributed by atoms with Crippen LogP contribution in [0.3, 0.4) is 0 Å². The van der Waals surface area contributed by atoms with Crippen LogP contribution in [-0.2, 0) is 28.5 Å². The Morgan fingerprint density at radius 1 is 0.750 bits per heavy atom. The van der Waals surface area contributed by atoms with Gasteiger partial charge in [0.25, 0.3) is 0 Å². The summed E-state index contributed by atoms with van der Waals surface area (Å²) in [5.74, 6) is -1.77. The summed E-state index contributed by atoms with van der Waals surface area (Å²) in [4.78, 5) is 23.1. The van der Waals surface area contributed by atoms with Crippen LogP contribution in [0, 0.1) is 0 Å². The van der Waals surface area contributed by atoms with Crippen molar-refractivity contribution in [3.63, 3.8) is 0 Å². The molecule has 2 aromatic rings. The fourth-order valence-corrected chi connectivity index (χ4v) is 3.47. The van der Waals surface area contributed by atoms with E-state index in [1.807, 2.05) is 0 Å². The first-order valence-corrected chi connectivity index (χ1v) is 13.1. The SMILES string of the molecule is COC(=O)c1ccc(OCCOCCOCCOCCOCCNSc2ccc(NC(=O)C(F)(F)F)cc2)cc1. The van der Waals surface area contributed by atoms with Crippen molar-refractivity contribution in [3.8, 4) is 5.75 Å². The van der Waals surface area contributed by atoms with Gasteiger partial charge in [0, 0.05) is 17.1 Å². The molecule has 0 aliphatic rings. The van der Waals surface area contributed by atoms with E-state index in [4.69, 9.17) is 23.7 Å². The highest BCUT2D eigenvalue weighted by atomic mass is 32.2. The van der Waals surface area contributed by atoms with Crippen molar-refractivity contribution in [1.29, 1.82) is 0 Å². The maximum absolute atomic E-state index is 12.3. The summed E-state index contributed by atoms with van der Waals surface area (Å²) in [6, 6.07) is 12.6. The highest BCUT2D eigenvalue weighted by Crippen LogP contribution is 2.21. The lowest BCUT2D eigenvalue weighted by Gasteiger charge is -2.09. The van der Waals surface area contributed by atoms with Crippen molar-refractivity contribution < 1.29 is 51.2 Å². The summed E-state index contributed by atoms with van der Waals surface area (Å²) in [6.07, 6.45) is -4.92. The van der Waals surface area contributed by atoms with Crippen LogP contribution in [0.25, 0.3) is 0 Å². The van der Waals surface area contributed by atoms with Gasteiger partial charge < -0.3 is 33.7 Å². The lowest BCUT2D eigenvalue weighted by Crippen LogP contribution is -2.29. The number of amides is 1. The summed E-state index contributed by atoms with van der Waals surface area (Å²) in [6.45, 7) is 4.35. The number of halogens is 3. The molecule has 0 aromatic heterocycles. The molecular formula is C26H33F3N2O8S. The van der Waals surface area contributed by atoms with Crippen LogP contribution in [0.2, 0.25) is 0 Å². The van der Waals surface area contributed by atoms with Gasteiger partial charge in [0.15, 0.2) is 0 Å². The normalized spacial score (nSPS) is 11.3. The van der Waals surface area contributed by atoms with Crippen molar-refractivity contribution in [3.05, 3.63) is 54.1 Å². The Balaban J connectivity index is 1.33. The molecule has 222 valence electrons. The van der Waals surface area contributed by atoms with Crippen LogP contribution >= 0.6 is 11.9 Å². The van der Waals surface area contributed by atoms with Gasteiger partial charge in [0.1, 0.15) is 12.4 Å². The molecule has 0 aliphatic carbocycles. The number of hydrogen-bond acceptors (Lipinski definition) is 10. The number of hydrogen-bond donors (Lipinski definition) is 2. The number of methoxy groups -OCH3 is 1. The summed E-state index contributed by atoms with van der Waals surface area (Å²) in [5.41, 5.74) is 0.525. The summed E-state index contributed by atoms with van der Waals surface area (Å²) >= 11 is 1.30. The van der Waals surface area contributed by atoms with Crippen molar-refractivity contribution in [1.82, 2.24) is 4.72 Å². The molecule has 2 N–H and O–H groups in total. The molecule has 2 aromatic carbocycles. The first-order chi connectivity index (χ1) is 19.3. The lowest BCUT2D eigenvalue weighted by atomic mass is 10.2. The van der Waals surface area contributed by atoms with E-state index in [1.165, 1.54) is 31.2 Å². The van der Waals surface area contributed by atoms with Crippen molar-refractivity contribution in [2.24, 2.45) is 0 Å². The number of esters is 1. The van der Waals surface area contributed by atoms with Gasteiger partial charge in [-0.05, 0) is 60.5 Å². The second kappa shape index (κ2) is 19.2. The molecule has 0 radical (unpaired) electrons. The number of alkyl halides is 3. The Morgan fingerprint density at radius 3 is 1.80 bits per heavy atom. The van der Waals surface area contributed by atoms with Crippen LogP contribution in [0.5, 0.6) is 5.75 Å². The van der Waals surface area contributed by atoms with E-state index in [0.29, 0.717) is 77.3 Å². The number of ether oxygens (including phenoxy) is 6. The number of nitrogens with one attached hydrogen (secondary N) is 2. The number of carbonyl (C=O) groups excluding carboxylic acids is 2. The smallest absolute Gasteiger partial charge is 0.471 e. The predicted molar refractivity (Wildman–Crippen MR) is 142 cm³/mol. The molecule has 0 saturated carbocycles. The molecule has 0 spiro atoms. The van der Waals surface area contributed by atoms with E-state index >= 15 is 0 Å². The van der Waals surface area contributed by atoms with E-state index in [2.05, 4.69) is 9.46 Å². The molecule has 14 heteroatoms. The Labute approximate surface area is 234 Å². The van der Waals surface area contributed by atoms with Gasteiger partial charge in [-0.25, -0.2) is 4.79 Å². The zero-order valence-corrected chi connectivity index (χ0v) is 22.8. The Morgan fingerprint density at radius 2 is 1.27 bits per heavy atom. The van der Waals surface area contributed by atoms with E-state index in [-0.39, 0.29) is 5.69 Å². The van der Waals surface area contributed by atoms with Gasteiger partial charge in [-0.15, -0.1) is 0 Å². The molecule has 0 heterocycles. The zero-order valence-electron chi connectivity index (χ0n) is 22.0. The number of rotatable bonds is 20. The standard InChI is InChI=1S/C26H33F3N2O8S/c1-34-24(32)20-2-6-22(7-3-20)39-19-18-38-17-16-37-15-14-36-13-12-35-11-10-30-40-23-8-4-21(5-9-23)31-25(33)26(27,28)29/h2-9,30H,10-19H2,1H3,(H,31,33). The first-order valence-electron chi connectivity index (χ1n) is 12.3. The quantitative estimate of drug-likeness (QED) is 0.134. The first kappa shape index (κ1) is 33.3. The van der Waals surface area contributed by atoms with Gasteiger partial charge in [-0.2, -0.15) is 13.2 Å². The number of anilines is 1. The summed E-state index contributed by atoms with van der Waals surface area (Å²) < 4.78 is 71.8. The van der Waals surface area contributed by atoms with Gasteiger partial charge >= 0.3 is 18.1 Å². The molecule has 0 unspecified atom stereocenters. The van der Waals surface area contributed by atoms with E-state index in [1.54, 1.807) is 41.7 Å². The van der Waals surface area contributed by atoms with Crippen LogP contribution in [0.4, 0.5) is 18.9 Å². The second-order valence-electron chi connectivity index (χ2n) is 7.79. The Kier molecular flexibility index (Phi) is 16.0. The van der Waals surface area contributed by atoms with Gasteiger partial charge in [0.05, 0.1) is 65.5 Å². The molecule has 10 nitrogen and oxygen atoms in total. The van der Waals surface area contributed by atoms with E-state index in [0.717, 1.165) is 4.90 Å². The Bertz CT molecular complexity index is 995. The average molecular weight is 591 g/mol. The molecule has 0 saturated heterocycles.